The molecule has 0 aliphatic rings. The molecular formula is C25H24N4. The number of aryl methyl sites for hydroxylation is 3. The largest absolute Gasteiger partial charge is 0.339 e. The van der Waals surface area contributed by atoms with Crippen molar-refractivity contribution in [2.75, 3.05) is 10.6 Å². The number of aliphatic imine (C=N–C) groups is 1. The lowest BCUT2D eigenvalue weighted by Crippen LogP contribution is -2.12. The molecule has 3 aromatic rings. The normalized spacial score (nSPS) is 10.4. The Kier molecular flexibility index (Phi) is 6.44. The molecule has 3 rings (SSSR count). The Labute approximate surface area is 172 Å². The Bertz CT molecular complexity index is 1000. The summed E-state index contributed by atoms with van der Waals surface area (Å²) in [6, 6.07) is 26.2. The number of rotatable bonds is 6. The van der Waals surface area contributed by atoms with Gasteiger partial charge in [-0.3, -0.25) is 0 Å². The second-order valence-electron chi connectivity index (χ2n) is 6.99. The Morgan fingerprint density at radius 2 is 1.14 bits per heavy atom. The molecule has 0 aliphatic heterocycles. The predicted molar refractivity (Wildman–Crippen MR) is 121 cm³/mol. The van der Waals surface area contributed by atoms with Crippen molar-refractivity contribution in [1.82, 2.24) is 0 Å². The highest BCUT2D eigenvalue weighted by molar-refractivity contribution is 5.81. The van der Waals surface area contributed by atoms with Gasteiger partial charge in [0.05, 0.1) is 0 Å². The van der Waals surface area contributed by atoms with E-state index in [0.717, 1.165) is 16.9 Å². The van der Waals surface area contributed by atoms with E-state index in [9.17, 15) is 5.26 Å². The average Bonchev–Trinajstić information content (AvgIpc) is 2.73. The number of anilines is 2. The standard InChI is InChI=1S/C25H24N4/c1-18-4-10-21(11-5-18)17-27-24(16-26)25(28-22-12-6-19(2)7-13-22)29-23-14-8-20(3)9-15-23/h4-15,17,28-29H,1-3H3. The first kappa shape index (κ1) is 19.9. The van der Waals surface area contributed by atoms with Crippen LogP contribution in [0.1, 0.15) is 22.3 Å². The summed E-state index contributed by atoms with van der Waals surface area (Å²) in [5.74, 6) is 0.531. The van der Waals surface area contributed by atoms with Crippen LogP contribution in [0.4, 0.5) is 11.4 Å². The molecule has 0 unspecified atom stereocenters. The van der Waals surface area contributed by atoms with E-state index >= 15 is 0 Å². The molecule has 4 heteroatoms. The molecule has 0 spiro atoms. The second-order valence-corrected chi connectivity index (χ2v) is 6.99. The minimum atomic E-state index is 0.270. The number of benzene rings is 3. The van der Waals surface area contributed by atoms with Crippen molar-refractivity contribution >= 4 is 17.6 Å². The summed E-state index contributed by atoms with van der Waals surface area (Å²) in [5.41, 5.74) is 6.49. The third-order valence-corrected chi connectivity index (χ3v) is 4.40. The van der Waals surface area contributed by atoms with Crippen molar-refractivity contribution in [3.8, 4) is 6.07 Å². The van der Waals surface area contributed by atoms with Crippen LogP contribution in [0.3, 0.4) is 0 Å². The van der Waals surface area contributed by atoms with E-state index in [1.165, 1.54) is 16.7 Å². The van der Waals surface area contributed by atoms with E-state index in [-0.39, 0.29) is 5.70 Å². The maximum Gasteiger partial charge on any atom is 0.181 e. The smallest absolute Gasteiger partial charge is 0.181 e. The van der Waals surface area contributed by atoms with Crippen LogP contribution in [0, 0.1) is 32.1 Å². The number of nitriles is 1. The van der Waals surface area contributed by atoms with Gasteiger partial charge < -0.3 is 10.6 Å². The van der Waals surface area contributed by atoms with Gasteiger partial charge in [0.2, 0.25) is 0 Å². The average molecular weight is 380 g/mol. The molecule has 4 nitrogen and oxygen atoms in total. The van der Waals surface area contributed by atoms with Crippen LogP contribution in [-0.4, -0.2) is 6.21 Å². The molecule has 0 amide bonds. The lowest BCUT2D eigenvalue weighted by atomic mass is 10.2. The molecule has 0 saturated carbocycles. The van der Waals surface area contributed by atoms with Gasteiger partial charge in [-0.05, 0) is 50.6 Å². The third-order valence-electron chi connectivity index (χ3n) is 4.40. The summed E-state index contributed by atoms with van der Waals surface area (Å²) in [5, 5.41) is 16.4. The molecule has 29 heavy (non-hydrogen) atoms. The maximum absolute atomic E-state index is 9.76. The van der Waals surface area contributed by atoms with Crippen molar-refractivity contribution in [2.45, 2.75) is 20.8 Å². The molecule has 0 atom stereocenters. The number of hydrogen-bond acceptors (Lipinski definition) is 4. The summed E-state index contributed by atoms with van der Waals surface area (Å²) >= 11 is 0. The van der Waals surface area contributed by atoms with Gasteiger partial charge in [0.25, 0.3) is 0 Å². The monoisotopic (exact) mass is 380 g/mol. The van der Waals surface area contributed by atoms with Crippen LogP contribution in [0.25, 0.3) is 0 Å². The molecule has 2 N–H and O–H groups in total. The fraction of sp³-hybridized carbons (Fsp3) is 0.120. The van der Waals surface area contributed by atoms with Gasteiger partial charge in [-0.25, -0.2) is 4.99 Å². The van der Waals surface area contributed by atoms with Gasteiger partial charge in [-0.1, -0.05) is 65.2 Å². The number of allylic oxidation sites excluding steroid dienone is 1. The maximum atomic E-state index is 9.76. The van der Waals surface area contributed by atoms with Gasteiger partial charge in [-0.2, -0.15) is 5.26 Å². The van der Waals surface area contributed by atoms with Crippen molar-refractivity contribution in [2.24, 2.45) is 4.99 Å². The Morgan fingerprint density at radius 3 is 1.55 bits per heavy atom. The highest BCUT2D eigenvalue weighted by Gasteiger charge is 2.08. The summed E-state index contributed by atoms with van der Waals surface area (Å²) < 4.78 is 0. The van der Waals surface area contributed by atoms with Gasteiger partial charge in [0.15, 0.2) is 5.70 Å². The zero-order valence-corrected chi connectivity index (χ0v) is 16.9. The summed E-state index contributed by atoms with van der Waals surface area (Å²) in [6.07, 6.45) is 1.70. The van der Waals surface area contributed by atoms with Crippen LogP contribution in [0.5, 0.6) is 0 Å². The van der Waals surface area contributed by atoms with Gasteiger partial charge in [0.1, 0.15) is 11.9 Å². The summed E-state index contributed by atoms with van der Waals surface area (Å²) in [7, 11) is 0. The summed E-state index contributed by atoms with van der Waals surface area (Å²) in [6.45, 7) is 6.12. The van der Waals surface area contributed by atoms with Crippen molar-refractivity contribution in [1.29, 1.82) is 5.26 Å². The Balaban J connectivity index is 1.94. The van der Waals surface area contributed by atoms with Gasteiger partial charge >= 0.3 is 0 Å². The highest BCUT2D eigenvalue weighted by atomic mass is 15.1. The first-order chi connectivity index (χ1) is 14.0. The number of nitrogens with zero attached hydrogens (tertiary/aromatic N) is 2. The molecule has 0 bridgehead atoms. The predicted octanol–water partition coefficient (Wildman–Crippen LogP) is 5.95. The van der Waals surface area contributed by atoms with E-state index in [4.69, 9.17) is 0 Å². The fourth-order valence-electron chi connectivity index (χ4n) is 2.65. The Hall–Kier alpha value is -3.84. The molecule has 0 saturated heterocycles. The highest BCUT2D eigenvalue weighted by Crippen LogP contribution is 2.18. The van der Waals surface area contributed by atoms with Crippen molar-refractivity contribution in [3.63, 3.8) is 0 Å². The number of nitrogens with one attached hydrogen (secondary N) is 2. The zero-order chi connectivity index (χ0) is 20.6. The minimum Gasteiger partial charge on any atom is -0.339 e. The third kappa shape index (κ3) is 5.82. The van der Waals surface area contributed by atoms with Crippen LogP contribution < -0.4 is 10.6 Å². The first-order valence-corrected chi connectivity index (χ1v) is 9.46. The summed E-state index contributed by atoms with van der Waals surface area (Å²) in [4.78, 5) is 4.44. The molecular weight excluding hydrogens is 356 g/mol. The van der Waals surface area contributed by atoms with E-state index in [1.807, 2.05) is 93.6 Å². The zero-order valence-electron chi connectivity index (χ0n) is 16.9. The minimum absolute atomic E-state index is 0.270. The topological polar surface area (TPSA) is 60.2 Å². The molecule has 3 aromatic carbocycles. The van der Waals surface area contributed by atoms with E-state index < -0.39 is 0 Å². The van der Waals surface area contributed by atoms with E-state index in [0.29, 0.717) is 5.82 Å². The quantitative estimate of drug-likeness (QED) is 0.410. The molecule has 0 aliphatic carbocycles. The van der Waals surface area contributed by atoms with Crippen molar-refractivity contribution in [3.05, 3.63) is 107 Å². The molecule has 0 heterocycles. The van der Waals surface area contributed by atoms with Crippen LogP contribution in [-0.2, 0) is 0 Å². The molecule has 0 radical (unpaired) electrons. The first-order valence-electron chi connectivity index (χ1n) is 9.46. The molecule has 0 aromatic heterocycles. The molecule has 144 valence electrons. The van der Waals surface area contributed by atoms with Crippen molar-refractivity contribution < 1.29 is 0 Å². The second kappa shape index (κ2) is 9.38. The van der Waals surface area contributed by atoms with Crippen LogP contribution in [0.15, 0.2) is 89.3 Å². The SMILES string of the molecule is Cc1ccc(C=NC(C#N)=C(Nc2ccc(C)cc2)Nc2ccc(C)cc2)cc1. The van der Waals surface area contributed by atoms with E-state index in [1.54, 1.807) is 6.21 Å². The Morgan fingerprint density at radius 1 is 0.724 bits per heavy atom. The lowest BCUT2D eigenvalue weighted by molar-refractivity contribution is 1.25. The van der Waals surface area contributed by atoms with Gasteiger partial charge in [0, 0.05) is 17.6 Å². The number of hydrogen-bond donors (Lipinski definition) is 2. The van der Waals surface area contributed by atoms with Crippen LogP contribution >= 0.6 is 0 Å². The van der Waals surface area contributed by atoms with Gasteiger partial charge in [-0.15, -0.1) is 0 Å². The van der Waals surface area contributed by atoms with Crippen LogP contribution in [0.2, 0.25) is 0 Å². The molecule has 0 fully saturated rings. The fourth-order valence-corrected chi connectivity index (χ4v) is 2.65. The van der Waals surface area contributed by atoms with E-state index in [2.05, 4.69) is 21.7 Å². The lowest BCUT2D eigenvalue weighted by Gasteiger charge is -2.15.